The molecule has 1 heterocycles. The summed E-state index contributed by atoms with van der Waals surface area (Å²) in [5.74, 6) is -1.07. The van der Waals surface area contributed by atoms with Crippen LogP contribution in [0.1, 0.15) is 11.5 Å². The monoisotopic (exact) mass is 381 g/mol. The Kier molecular flexibility index (Phi) is 5.45. The molecular formula is C19H15N3O6. The zero-order valence-electron chi connectivity index (χ0n) is 14.7. The molecule has 1 aromatic heterocycles. The fraction of sp³-hybridized carbons (Fsp3) is 0.105. The topological polar surface area (TPSA) is 125 Å². The summed E-state index contributed by atoms with van der Waals surface area (Å²) in [5, 5.41) is 13.3. The van der Waals surface area contributed by atoms with Crippen LogP contribution in [0.5, 0.6) is 0 Å². The molecular weight excluding hydrogens is 366 g/mol. The smallest absolute Gasteiger partial charge is 0.331 e. The first kappa shape index (κ1) is 18.8. The van der Waals surface area contributed by atoms with E-state index in [1.165, 1.54) is 24.3 Å². The number of hydrogen-bond donors (Lipinski definition) is 1. The molecule has 0 atom stereocenters. The molecule has 9 heteroatoms. The fourth-order valence-electron chi connectivity index (χ4n) is 2.37. The minimum absolute atomic E-state index is 0.0775. The van der Waals surface area contributed by atoms with E-state index in [0.29, 0.717) is 22.4 Å². The standard InChI is InChI=1S/C19H15N3O6/c1-12-10-13(22(25)26)6-7-14(12)20-17(23)11-27-19(24)9-8-18-21-15-4-2-3-5-16(15)28-18/h2-10H,11H2,1H3,(H,20,23)/b9-8+. The highest BCUT2D eigenvalue weighted by molar-refractivity contribution is 5.95. The molecule has 142 valence electrons. The zero-order valence-corrected chi connectivity index (χ0v) is 14.7. The van der Waals surface area contributed by atoms with Crippen LogP contribution < -0.4 is 5.32 Å². The molecule has 9 nitrogen and oxygen atoms in total. The van der Waals surface area contributed by atoms with Gasteiger partial charge in [0.1, 0.15) is 5.52 Å². The van der Waals surface area contributed by atoms with Gasteiger partial charge in [-0.1, -0.05) is 12.1 Å². The molecule has 3 rings (SSSR count). The Bertz CT molecular complexity index is 1050. The number of non-ortho nitro benzene ring substituents is 1. The largest absolute Gasteiger partial charge is 0.452 e. The highest BCUT2D eigenvalue weighted by Crippen LogP contribution is 2.21. The van der Waals surface area contributed by atoms with Crippen molar-refractivity contribution in [1.82, 2.24) is 4.98 Å². The first-order valence-corrected chi connectivity index (χ1v) is 8.17. The Balaban J connectivity index is 1.52. The van der Waals surface area contributed by atoms with Crippen LogP contribution >= 0.6 is 0 Å². The number of hydrogen-bond acceptors (Lipinski definition) is 7. The van der Waals surface area contributed by atoms with Crippen molar-refractivity contribution in [3.05, 3.63) is 70.1 Å². The second kappa shape index (κ2) is 8.12. The molecule has 0 saturated carbocycles. The van der Waals surface area contributed by atoms with Crippen molar-refractivity contribution >= 4 is 40.4 Å². The number of nitrogens with zero attached hydrogens (tertiary/aromatic N) is 2. The molecule has 0 aliphatic carbocycles. The molecule has 3 aromatic rings. The summed E-state index contributed by atoms with van der Waals surface area (Å²) >= 11 is 0. The second-order valence-corrected chi connectivity index (χ2v) is 5.77. The lowest BCUT2D eigenvalue weighted by Gasteiger charge is -2.08. The summed E-state index contributed by atoms with van der Waals surface area (Å²) in [6.07, 6.45) is 2.45. The number of aromatic nitrogens is 1. The number of fused-ring (bicyclic) bond motifs is 1. The number of oxazole rings is 1. The number of rotatable bonds is 6. The van der Waals surface area contributed by atoms with Crippen molar-refractivity contribution in [3.8, 4) is 0 Å². The lowest BCUT2D eigenvalue weighted by atomic mass is 10.2. The van der Waals surface area contributed by atoms with Gasteiger partial charge in [0.25, 0.3) is 11.6 Å². The van der Waals surface area contributed by atoms with Crippen LogP contribution in [0.25, 0.3) is 17.2 Å². The fourth-order valence-corrected chi connectivity index (χ4v) is 2.37. The van der Waals surface area contributed by atoms with Gasteiger partial charge in [0, 0.05) is 30.0 Å². The van der Waals surface area contributed by atoms with E-state index in [9.17, 15) is 19.7 Å². The minimum atomic E-state index is -0.738. The highest BCUT2D eigenvalue weighted by atomic mass is 16.6. The molecule has 0 fully saturated rings. The van der Waals surface area contributed by atoms with Crippen LogP contribution in [0.3, 0.4) is 0 Å². The summed E-state index contributed by atoms with van der Waals surface area (Å²) in [6.45, 7) is 1.12. The summed E-state index contributed by atoms with van der Waals surface area (Å²) in [5.41, 5.74) is 2.09. The summed E-state index contributed by atoms with van der Waals surface area (Å²) in [7, 11) is 0. The van der Waals surface area contributed by atoms with Gasteiger partial charge in [-0.15, -0.1) is 0 Å². The van der Waals surface area contributed by atoms with E-state index >= 15 is 0 Å². The summed E-state index contributed by atoms with van der Waals surface area (Å²) < 4.78 is 10.3. The van der Waals surface area contributed by atoms with Crippen molar-refractivity contribution in [1.29, 1.82) is 0 Å². The normalized spacial score (nSPS) is 10.9. The van der Waals surface area contributed by atoms with Gasteiger partial charge in [-0.3, -0.25) is 14.9 Å². The lowest BCUT2D eigenvalue weighted by molar-refractivity contribution is -0.384. The number of carbonyl (C=O) groups is 2. The average molecular weight is 381 g/mol. The maximum absolute atomic E-state index is 11.9. The van der Waals surface area contributed by atoms with E-state index < -0.39 is 23.4 Å². The summed E-state index contributed by atoms with van der Waals surface area (Å²) in [6, 6.07) is 11.2. The Hall–Kier alpha value is -4.01. The van der Waals surface area contributed by atoms with Gasteiger partial charge >= 0.3 is 5.97 Å². The Morgan fingerprint density at radius 3 is 2.79 bits per heavy atom. The minimum Gasteiger partial charge on any atom is -0.452 e. The van der Waals surface area contributed by atoms with Crippen LogP contribution in [0.2, 0.25) is 0 Å². The third-order valence-corrected chi connectivity index (χ3v) is 3.71. The molecule has 0 saturated heterocycles. The zero-order chi connectivity index (χ0) is 20.1. The molecule has 0 aliphatic heterocycles. The molecule has 1 N–H and O–H groups in total. The van der Waals surface area contributed by atoms with Gasteiger partial charge in [-0.25, -0.2) is 9.78 Å². The Labute approximate surface area is 158 Å². The van der Waals surface area contributed by atoms with E-state index in [1.54, 1.807) is 25.1 Å². The Morgan fingerprint density at radius 1 is 1.29 bits per heavy atom. The number of ether oxygens (including phenoxy) is 1. The van der Waals surface area contributed by atoms with Crippen molar-refractivity contribution in [2.45, 2.75) is 6.92 Å². The number of nitrogens with one attached hydrogen (secondary N) is 1. The second-order valence-electron chi connectivity index (χ2n) is 5.77. The lowest BCUT2D eigenvalue weighted by Crippen LogP contribution is -2.20. The molecule has 0 spiro atoms. The summed E-state index contributed by atoms with van der Waals surface area (Å²) in [4.78, 5) is 38.0. The van der Waals surface area contributed by atoms with Gasteiger partial charge in [0.2, 0.25) is 5.89 Å². The van der Waals surface area contributed by atoms with Gasteiger partial charge in [-0.2, -0.15) is 0 Å². The van der Waals surface area contributed by atoms with Crippen molar-refractivity contribution < 1.29 is 23.7 Å². The van der Waals surface area contributed by atoms with E-state index in [2.05, 4.69) is 10.3 Å². The molecule has 2 aromatic carbocycles. The number of para-hydroxylation sites is 2. The number of nitro groups is 1. The molecule has 28 heavy (non-hydrogen) atoms. The number of anilines is 1. The molecule has 0 bridgehead atoms. The van der Waals surface area contributed by atoms with E-state index in [-0.39, 0.29) is 11.6 Å². The van der Waals surface area contributed by atoms with Crippen LogP contribution in [0.4, 0.5) is 11.4 Å². The number of amides is 1. The Morgan fingerprint density at radius 2 is 2.07 bits per heavy atom. The molecule has 1 amide bonds. The van der Waals surface area contributed by atoms with Crippen molar-refractivity contribution in [2.75, 3.05) is 11.9 Å². The number of esters is 1. The van der Waals surface area contributed by atoms with Gasteiger partial charge in [-0.05, 0) is 30.7 Å². The third kappa shape index (κ3) is 4.58. The third-order valence-electron chi connectivity index (χ3n) is 3.71. The number of nitro benzene ring substituents is 1. The average Bonchev–Trinajstić information content (AvgIpc) is 3.09. The number of carbonyl (C=O) groups excluding carboxylic acids is 2. The molecule has 0 aliphatic rings. The van der Waals surface area contributed by atoms with E-state index in [4.69, 9.17) is 9.15 Å². The number of aryl methyl sites for hydroxylation is 1. The van der Waals surface area contributed by atoms with Gasteiger partial charge in [0.15, 0.2) is 12.2 Å². The maximum atomic E-state index is 11.9. The first-order valence-electron chi connectivity index (χ1n) is 8.17. The van der Waals surface area contributed by atoms with Crippen LogP contribution in [-0.4, -0.2) is 28.4 Å². The van der Waals surface area contributed by atoms with Crippen LogP contribution in [-0.2, 0) is 14.3 Å². The maximum Gasteiger partial charge on any atom is 0.331 e. The first-order chi connectivity index (χ1) is 13.4. The highest BCUT2D eigenvalue weighted by Gasteiger charge is 2.11. The quantitative estimate of drug-likeness (QED) is 0.301. The number of benzene rings is 2. The molecule has 0 unspecified atom stereocenters. The molecule has 0 radical (unpaired) electrons. The predicted octanol–water partition coefficient (Wildman–Crippen LogP) is 3.24. The van der Waals surface area contributed by atoms with Crippen LogP contribution in [0, 0.1) is 17.0 Å². The van der Waals surface area contributed by atoms with Crippen LogP contribution in [0.15, 0.2) is 53.0 Å². The van der Waals surface area contributed by atoms with E-state index in [0.717, 1.165) is 6.08 Å². The van der Waals surface area contributed by atoms with Gasteiger partial charge in [0.05, 0.1) is 4.92 Å². The predicted molar refractivity (Wildman–Crippen MR) is 100 cm³/mol. The SMILES string of the molecule is Cc1cc([N+](=O)[O-])ccc1NC(=O)COC(=O)/C=C/c1nc2ccccc2o1. The van der Waals surface area contributed by atoms with Crippen molar-refractivity contribution in [2.24, 2.45) is 0 Å². The van der Waals surface area contributed by atoms with Crippen molar-refractivity contribution in [3.63, 3.8) is 0 Å². The van der Waals surface area contributed by atoms with Gasteiger partial charge < -0.3 is 14.5 Å². The van der Waals surface area contributed by atoms with E-state index in [1.807, 2.05) is 6.07 Å².